The second-order valence-electron chi connectivity index (χ2n) is 4.41. The molecule has 1 unspecified atom stereocenters. The molecule has 5 heteroatoms. The number of carbonyl (C=O) groups is 2. The molecular formula is C13H16N2O3. The highest BCUT2D eigenvalue weighted by Gasteiger charge is 2.33. The maximum Gasteiger partial charge on any atom is 0.249 e. The van der Waals surface area contributed by atoms with E-state index in [0.717, 1.165) is 5.76 Å². The molecule has 1 fully saturated rings. The number of anilines is 1. The molecule has 1 atom stereocenters. The topological polar surface area (TPSA) is 53.8 Å². The normalized spacial score (nSPS) is 20.1. The Kier molecular flexibility index (Phi) is 3.23. The third-order valence-corrected chi connectivity index (χ3v) is 3.04. The zero-order valence-corrected chi connectivity index (χ0v) is 10.5. The van der Waals surface area contributed by atoms with Crippen molar-refractivity contribution in [2.45, 2.75) is 19.9 Å². The minimum atomic E-state index is -0.217. The molecule has 0 saturated carbocycles. The molecule has 1 saturated heterocycles. The fourth-order valence-electron chi connectivity index (χ4n) is 2.04. The Labute approximate surface area is 106 Å². The van der Waals surface area contributed by atoms with E-state index in [9.17, 15) is 9.59 Å². The summed E-state index contributed by atoms with van der Waals surface area (Å²) in [4.78, 5) is 26.7. The summed E-state index contributed by atoms with van der Waals surface area (Å²) in [6, 6.07) is 3.53. The molecule has 2 amide bonds. The van der Waals surface area contributed by atoms with Crippen molar-refractivity contribution >= 4 is 17.7 Å². The van der Waals surface area contributed by atoms with Gasteiger partial charge in [0.05, 0.1) is 0 Å². The summed E-state index contributed by atoms with van der Waals surface area (Å²) < 4.78 is 5.45. The van der Waals surface area contributed by atoms with E-state index in [1.807, 2.05) is 19.9 Å². The van der Waals surface area contributed by atoms with Crippen LogP contribution in [0.4, 0.5) is 5.88 Å². The number of amides is 2. The van der Waals surface area contributed by atoms with Crippen LogP contribution >= 0.6 is 0 Å². The minimum Gasteiger partial charge on any atom is -0.445 e. The van der Waals surface area contributed by atoms with E-state index in [1.54, 1.807) is 11.0 Å². The molecule has 1 aliphatic heterocycles. The molecule has 1 aromatic rings. The standard InChI is InChI=1S/C13H16N2O3/c1-4-11(16)14-8-12(17)15(7-9(14)2)13-6-5-10(3)18-13/h4-6,9H,1,7-8H2,2-3H3. The van der Waals surface area contributed by atoms with Crippen LogP contribution in [0.15, 0.2) is 29.2 Å². The van der Waals surface area contributed by atoms with Crippen LogP contribution in [0.3, 0.4) is 0 Å². The van der Waals surface area contributed by atoms with Crippen molar-refractivity contribution in [3.05, 3.63) is 30.5 Å². The highest BCUT2D eigenvalue weighted by atomic mass is 16.4. The van der Waals surface area contributed by atoms with Crippen molar-refractivity contribution in [3.8, 4) is 0 Å². The first-order valence-corrected chi connectivity index (χ1v) is 5.82. The van der Waals surface area contributed by atoms with Gasteiger partial charge in [-0.3, -0.25) is 14.5 Å². The average Bonchev–Trinajstić information content (AvgIpc) is 2.77. The van der Waals surface area contributed by atoms with E-state index in [-0.39, 0.29) is 24.4 Å². The van der Waals surface area contributed by atoms with Gasteiger partial charge in [0.15, 0.2) is 0 Å². The van der Waals surface area contributed by atoms with Gasteiger partial charge in [-0.15, -0.1) is 0 Å². The first kappa shape index (κ1) is 12.4. The summed E-state index contributed by atoms with van der Waals surface area (Å²) in [5, 5.41) is 0. The van der Waals surface area contributed by atoms with Crippen molar-refractivity contribution in [1.82, 2.24) is 4.90 Å². The molecular weight excluding hydrogens is 232 g/mol. The van der Waals surface area contributed by atoms with Crippen LogP contribution in [0, 0.1) is 6.92 Å². The van der Waals surface area contributed by atoms with E-state index in [1.165, 1.54) is 11.0 Å². The van der Waals surface area contributed by atoms with Crippen molar-refractivity contribution in [3.63, 3.8) is 0 Å². The first-order valence-electron chi connectivity index (χ1n) is 5.82. The molecule has 2 heterocycles. The molecule has 1 aromatic heterocycles. The van der Waals surface area contributed by atoms with Crippen molar-refractivity contribution in [2.24, 2.45) is 0 Å². The number of carbonyl (C=O) groups excluding carboxylic acids is 2. The summed E-state index contributed by atoms with van der Waals surface area (Å²) in [6.45, 7) is 7.67. The minimum absolute atomic E-state index is 0.0568. The lowest BCUT2D eigenvalue weighted by Gasteiger charge is -2.37. The first-order chi connectivity index (χ1) is 8.52. The van der Waals surface area contributed by atoms with Crippen LogP contribution in [-0.4, -0.2) is 35.8 Å². The fourth-order valence-corrected chi connectivity index (χ4v) is 2.04. The third kappa shape index (κ3) is 2.16. The second-order valence-corrected chi connectivity index (χ2v) is 4.41. The van der Waals surface area contributed by atoms with Crippen LogP contribution in [0.2, 0.25) is 0 Å². The van der Waals surface area contributed by atoms with Gasteiger partial charge in [-0.2, -0.15) is 0 Å². The van der Waals surface area contributed by atoms with Gasteiger partial charge < -0.3 is 9.32 Å². The zero-order valence-electron chi connectivity index (χ0n) is 10.5. The predicted molar refractivity (Wildman–Crippen MR) is 67.2 cm³/mol. The Morgan fingerprint density at radius 3 is 2.83 bits per heavy atom. The molecule has 0 bridgehead atoms. The van der Waals surface area contributed by atoms with E-state index in [0.29, 0.717) is 12.4 Å². The molecule has 0 radical (unpaired) electrons. The maximum atomic E-state index is 12.0. The van der Waals surface area contributed by atoms with Gasteiger partial charge >= 0.3 is 0 Å². The lowest BCUT2D eigenvalue weighted by molar-refractivity contribution is -0.135. The van der Waals surface area contributed by atoms with Crippen LogP contribution in [-0.2, 0) is 9.59 Å². The lowest BCUT2D eigenvalue weighted by Crippen LogP contribution is -2.56. The van der Waals surface area contributed by atoms with Crippen LogP contribution in [0.5, 0.6) is 0 Å². The average molecular weight is 248 g/mol. The SMILES string of the molecule is C=CC(=O)N1CC(=O)N(c2ccc(C)o2)CC1C. The summed E-state index contributed by atoms with van der Waals surface area (Å²) >= 11 is 0. The van der Waals surface area contributed by atoms with Crippen LogP contribution < -0.4 is 4.90 Å². The van der Waals surface area contributed by atoms with E-state index in [2.05, 4.69) is 6.58 Å². The van der Waals surface area contributed by atoms with E-state index in [4.69, 9.17) is 4.42 Å². The molecule has 0 aromatic carbocycles. The molecule has 2 rings (SSSR count). The van der Waals surface area contributed by atoms with Gasteiger partial charge in [-0.05, 0) is 26.0 Å². The van der Waals surface area contributed by atoms with E-state index < -0.39 is 0 Å². The van der Waals surface area contributed by atoms with Gasteiger partial charge in [0.2, 0.25) is 17.7 Å². The summed E-state index contributed by atoms with van der Waals surface area (Å²) in [5.41, 5.74) is 0. The molecule has 5 nitrogen and oxygen atoms in total. The van der Waals surface area contributed by atoms with Crippen LogP contribution in [0.1, 0.15) is 12.7 Å². The summed E-state index contributed by atoms with van der Waals surface area (Å²) in [5.74, 6) is 0.939. The van der Waals surface area contributed by atoms with Crippen molar-refractivity contribution in [2.75, 3.05) is 18.0 Å². The van der Waals surface area contributed by atoms with Crippen molar-refractivity contribution in [1.29, 1.82) is 0 Å². The number of furan rings is 1. The zero-order chi connectivity index (χ0) is 13.3. The Morgan fingerprint density at radius 2 is 2.28 bits per heavy atom. The van der Waals surface area contributed by atoms with Gasteiger partial charge in [0, 0.05) is 18.7 Å². The van der Waals surface area contributed by atoms with Crippen LogP contribution in [0.25, 0.3) is 0 Å². The Bertz CT molecular complexity index is 492. The van der Waals surface area contributed by atoms with Crippen molar-refractivity contribution < 1.29 is 14.0 Å². The second kappa shape index (κ2) is 4.68. The number of hydrogen-bond acceptors (Lipinski definition) is 3. The number of rotatable bonds is 2. The van der Waals surface area contributed by atoms with E-state index >= 15 is 0 Å². The molecule has 96 valence electrons. The monoisotopic (exact) mass is 248 g/mol. The highest BCUT2D eigenvalue weighted by molar-refractivity contribution is 5.99. The fraction of sp³-hybridized carbons (Fsp3) is 0.385. The summed E-state index contributed by atoms with van der Waals surface area (Å²) in [7, 11) is 0. The number of piperazine rings is 1. The third-order valence-electron chi connectivity index (χ3n) is 3.04. The molecule has 0 N–H and O–H groups in total. The quantitative estimate of drug-likeness (QED) is 0.742. The largest absolute Gasteiger partial charge is 0.445 e. The maximum absolute atomic E-state index is 12.0. The number of aryl methyl sites for hydroxylation is 1. The number of hydrogen-bond donors (Lipinski definition) is 0. The summed E-state index contributed by atoms with van der Waals surface area (Å²) in [6.07, 6.45) is 1.23. The van der Waals surface area contributed by atoms with Gasteiger partial charge in [0.1, 0.15) is 12.3 Å². The lowest BCUT2D eigenvalue weighted by atomic mass is 10.2. The van der Waals surface area contributed by atoms with Gasteiger partial charge in [0.25, 0.3) is 0 Å². The van der Waals surface area contributed by atoms with Gasteiger partial charge in [-0.25, -0.2) is 0 Å². The highest BCUT2D eigenvalue weighted by Crippen LogP contribution is 2.22. The molecule has 0 spiro atoms. The number of nitrogens with zero attached hydrogens (tertiary/aromatic N) is 2. The van der Waals surface area contributed by atoms with Gasteiger partial charge in [-0.1, -0.05) is 6.58 Å². The Balaban J connectivity index is 2.17. The Hall–Kier alpha value is -2.04. The smallest absolute Gasteiger partial charge is 0.249 e. The molecule has 18 heavy (non-hydrogen) atoms. The Morgan fingerprint density at radius 1 is 1.56 bits per heavy atom. The predicted octanol–water partition coefficient (Wildman–Crippen LogP) is 1.34. The molecule has 0 aliphatic carbocycles. The molecule has 1 aliphatic rings.